The van der Waals surface area contributed by atoms with Crippen molar-refractivity contribution >= 4 is 33.0 Å². The number of sulfone groups is 1. The van der Waals surface area contributed by atoms with Crippen LogP contribution >= 0.6 is 23.2 Å². The van der Waals surface area contributed by atoms with Crippen molar-refractivity contribution in [2.75, 3.05) is 5.75 Å². The fraction of sp³-hybridized carbons (Fsp3) is 0.133. The number of nitrogens with zero attached hydrogens (tertiary/aromatic N) is 3. The Kier molecular flexibility index (Phi) is 5.30. The standard InChI is InChI=1S/C15H12Cl2N4O4S/c1-2-26(22,23)12-3-4-14(13(17)8-12)24-10-5-9(16)6-11(7-10)25-15-18-20-21-19-15/h3-8H,2H2,1H3,(H,18,19,20,21). The van der Waals surface area contributed by atoms with E-state index in [-0.39, 0.29) is 27.4 Å². The first-order valence-corrected chi connectivity index (χ1v) is 9.70. The van der Waals surface area contributed by atoms with Crippen molar-refractivity contribution in [2.45, 2.75) is 11.8 Å². The Bertz CT molecular complexity index is 1030. The summed E-state index contributed by atoms with van der Waals surface area (Å²) >= 11 is 12.2. The molecule has 26 heavy (non-hydrogen) atoms. The van der Waals surface area contributed by atoms with E-state index in [1.165, 1.54) is 18.2 Å². The molecule has 0 aliphatic rings. The van der Waals surface area contributed by atoms with E-state index in [2.05, 4.69) is 20.6 Å². The van der Waals surface area contributed by atoms with Crippen LogP contribution in [0.3, 0.4) is 0 Å². The Labute approximate surface area is 159 Å². The minimum atomic E-state index is -3.36. The summed E-state index contributed by atoms with van der Waals surface area (Å²) in [7, 11) is -3.36. The van der Waals surface area contributed by atoms with Crippen LogP contribution in [-0.4, -0.2) is 34.8 Å². The molecule has 1 N–H and O–H groups in total. The first-order chi connectivity index (χ1) is 12.4. The Morgan fingerprint density at radius 1 is 1.08 bits per heavy atom. The molecule has 0 aliphatic heterocycles. The van der Waals surface area contributed by atoms with Gasteiger partial charge < -0.3 is 9.47 Å². The van der Waals surface area contributed by atoms with Gasteiger partial charge in [-0.15, -0.1) is 0 Å². The third kappa shape index (κ3) is 4.24. The van der Waals surface area contributed by atoms with E-state index in [4.69, 9.17) is 32.7 Å². The third-order valence-corrected chi connectivity index (χ3v) is 5.50. The van der Waals surface area contributed by atoms with Crippen molar-refractivity contribution in [2.24, 2.45) is 0 Å². The summed E-state index contributed by atoms with van der Waals surface area (Å²) in [6.45, 7) is 1.56. The second-order valence-electron chi connectivity index (χ2n) is 5.02. The Morgan fingerprint density at radius 3 is 2.42 bits per heavy atom. The zero-order valence-electron chi connectivity index (χ0n) is 13.3. The van der Waals surface area contributed by atoms with Crippen LogP contribution in [0.15, 0.2) is 41.3 Å². The number of ether oxygens (including phenoxy) is 2. The fourth-order valence-corrected chi connectivity index (χ4v) is 3.41. The molecule has 3 rings (SSSR count). The van der Waals surface area contributed by atoms with Crippen LogP contribution < -0.4 is 9.47 Å². The number of benzene rings is 2. The van der Waals surface area contributed by atoms with E-state index >= 15 is 0 Å². The molecular weight excluding hydrogens is 403 g/mol. The van der Waals surface area contributed by atoms with Crippen LogP contribution in [0.2, 0.25) is 10.0 Å². The highest BCUT2D eigenvalue weighted by Gasteiger charge is 2.15. The molecule has 1 heterocycles. The highest BCUT2D eigenvalue weighted by atomic mass is 35.5. The van der Waals surface area contributed by atoms with E-state index in [1.807, 2.05) is 0 Å². The quantitative estimate of drug-likeness (QED) is 0.651. The van der Waals surface area contributed by atoms with Gasteiger partial charge in [-0.25, -0.2) is 8.42 Å². The van der Waals surface area contributed by atoms with Crippen molar-refractivity contribution in [3.63, 3.8) is 0 Å². The molecule has 8 nitrogen and oxygen atoms in total. The molecule has 0 saturated carbocycles. The van der Waals surface area contributed by atoms with Gasteiger partial charge >= 0.3 is 6.01 Å². The summed E-state index contributed by atoms with van der Waals surface area (Å²) in [6, 6.07) is 8.92. The van der Waals surface area contributed by atoms with Crippen LogP contribution in [0.25, 0.3) is 0 Å². The van der Waals surface area contributed by atoms with E-state index in [1.54, 1.807) is 25.1 Å². The largest absolute Gasteiger partial charge is 0.456 e. The average Bonchev–Trinajstić information content (AvgIpc) is 3.09. The number of halogens is 2. The zero-order chi connectivity index (χ0) is 18.7. The first-order valence-electron chi connectivity index (χ1n) is 7.29. The number of H-pyrrole nitrogens is 1. The van der Waals surface area contributed by atoms with Gasteiger partial charge in [0.15, 0.2) is 9.84 Å². The van der Waals surface area contributed by atoms with E-state index < -0.39 is 9.84 Å². The van der Waals surface area contributed by atoms with Crippen LogP contribution in [0.5, 0.6) is 23.3 Å². The summed E-state index contributed by atoms with van der Waals surface area (Å²) in [4.78, 5) is 0.129. The lowest BCUT2D eigenvalue weighted by molar-refractivity contribution is 0.434. The number of aromatic nitrogens is 4. The van der Waals surface area contributed by atoms with Crippen LogP contribution in [0.1, 0.15) is 6.92 Å². The maximum Gasteiger partial charge on any atom is 0.361 e. The van der Waals surface area contributed by atoms with Gasteiger partial charge in [0, 0.05) is 11.1 Å². The lowest BCUT2D eigenvalue weighted by Gasteiger charge is -2.11. The Morgan fingerprint density at radius 2 is 1.81 bits per heavy atom. The summed E-state index contributed by atoms with van der Waals surface area (Å²) < 4.78 is 34.9. The van der Waals surface area contributed by atoms with Gasteiger partial charge in [0.25, 0.3) is 0 Å². The first kappa shape index (κ1) is 18.4. The lowest BCUT2D eigenvalue weighted by Crippen LogP contribution is -2.03. The lowest BCUT2D eigenvalue weighted by atomic mass is 10.3. The number of nitrogens with one attached hydrogen (secondary N) is 1. The number of aromatic amines is 1. The second kappa shape index (κ2) is 7.48. The fourth-order valence-electron chi connectivity index (χ4n) is 2.01. The van der Waals surface area contributed by atoms with Gasteiger partial charge in [-0.3, -0.25) is 0 Å². The van der Waals surface area contributed by atoms with Gasteiger partial charge in [-0.1, -0.05) is 40.3 Å². The number of tetrazole rings is 1. The smallest absolute Gasteiger partial charge is 0.361 e. The predicted molar refractivity (Wildman–Crippen MR) is 95.0 cm³/mol. The summed E-state index contributed by atoms with van der Waals surface area (Å²) in [5.41, 5.74) is 0. The third-order valence-electron chi connectivity index (χ3n) is 3.25. The monoisotopic (exact) mass is 414 g/mol. The zero-order valence-corrected chi connectivity index (χ0v) is 15.6. The minimum absolute atomic E-state index is 0.0189. The molecule has 0 radical (unpaired) electrons. The molecule has 0 unspecified atom stereocenters. The molecule has 0 fully saturated rings. The number of rotatable bonds is 6. The molecule has 0 amide bonds. The molecule has 2 aromatic carbocycles. The molecule has 0 aliphatic carbocycles. The molecule has 1 aromatic heterocycles. The van der Waals surface area contributed by atoms with Gasteiger partial charge in [-0.2, -0.15) is 5.21 Å². The summed E-state index contributed by atoms with van der Waals surface area (Å²) in [6.07, 6.45) is 0. The molecule has 136 valence electrons. The molecule has 0 spiro atoms. The topological polar surface area (TPSA) is 107 Å². The van der Waals surface area contributed by atoms with Gasteiger partial charge in [-0.05, 0) is 35.5 Å². The van der Waals surface area contributed by atoms with Crippen LogP contribution in [0.4, 0.5) is 0 Å². The number of hydrogen-bond acceptors (Lipinski definition) is 7. The van der Waals surface area contributed by atoms with Crippen LogP contribution in [0, 0.1) is 0 Å². The normalized spacial score (nSPS) is 11.3. The second-order valence-corrected chi connectivity index (χ2v) is 8.14. The summed E-state index contributed by atoms with van der Waals surface area (Å²) in [5, 5.41) is 13.5. The molecule has 0 atom stereocenters. The van der Waals surface area contributed by atoms with Crippen molar-refractivity contribution < 1.29 is 17.9 Å². The number of hydrogen-bond donors (Lipinski definition) is 1. The Balaban J connectivity index is 1.86. The molecule has 3 aromatic rings. The molecule has 0 bridgehead atoms. The molecule has 0 saturated heterocycles. The Hall–Kier alpha value is -2.36. The predicted octanol–water partition coefficient (Wildman–Crippen LogP) is 3.88. The summed E-state index contributed by atoms with van der Waals surface area (Å²) in [5.74, 6) is 0.919. The maximum absolute atomic E-state index is 11.9. The van der Waals surface area contributed by atoms with Crippen LogP contribution in [-0.2, 0) is 9.84 Å². The van der Waals surface area contributed by atoms with Crippen molar-refractivity contribution in [3.8, 4) is 23.3 Å². The molecule has 11 heteroatoms. The van der Waals surface area contributed by atoms with Gasteiger partial charge in [0.05, 0.1) is 15.7 Å². The van der Waals surface area contributed by atoms with Crippen molar-refractivity contribution in [3.05, 3.63) is 46.4 Å². The SMILES string of the molecule is CCS(=O)(=O)c1ccc(Oc2cc(Cl)cc(Oc3nn[nH]n3)c2)c(Cl)c1. The van der Waals surface area contributed by atoms with E-state index in [9.17, 15) is 8.42 Å². The average molecular weight is 415 g/mol. The van der Waals surface area contributed by atoms with Crippen molar-refractivity contribution in [1.29, 1.82) is 0 Å². The minimum Gasteiger partial charge on any atom is -0.456 e. The molecular formula is C15H12Cl2N4O4S. The van der Waals surface area contributed by atoms with Gasteiger partial charge in [0.1, 0.15) is 17.2 Å². The van der Waals surface area contributed by atoms with Crippen molar-refractivity contribution in [1.82, 2.24) is 20.6 Å². The van der Waals surface area contributed by atoms with Gasteiger partial charge in [0.2, 0.25) is 0 Å². The highest BCUT2D eigenvalue weighted by molar-refractivity contribution is 7.91. The van der Waals surface area contributed by atoms with E-state index in [0.29, 0.717) is 16.5 Å². The highest BCUT2D eigenvalue weighted by Crippen LogP contribution is 2.35. The van der Waals surface area contributed by atoms with E-state index in [0.717, 1.165) is 0 Å². The maximum atomic E-state index is 11.9.